The van der Waals surface area contributed by atoms with Crippen LogP contribution in [0.1, 0.15) is 45.7 Å². The standard InChI is InChI=1S/C17H28N2O/c1-5-11-18-17-14-9-7-8-10-16(14)20-12-15(17)19(6-2)13(3)4/h7-10,13,15,17-18H,5-6,11-12H2,1-4H3. The van der Waals surface area contributed by atoms with Crippen molar-refractivity contribution in [1.82, 2.24) is 10.2 Å². The van der Waals surface area contributed by atoms with Crippen LogP contribution in [0.4, 0.5) is 0 Å². The van der Waals surface area contributed by atoms with Gasteiger partial charge in [-0.25, -0.2) is 0 Å². The zero-order chi connectivity index (χ0) is 14.5. The van der Waals surface area contributed by atoms with Crippen LogP contribution in [0.15, 0.2) is 24.3 Å². The molecule has 3 nitrogen and oxygen atoms in total. The fourth-order valence-corrected chi connectivity index (χ4v) is 3.16. The summed E-state index contributed by atoms with van der Waals surface area (Å²) in [7, 11) is 0. The minimum Gasteiger partial charge on any atom is -0.492 e. The zero-order valence-corrected chi connectivity index (χ0v) is 13.2. The number of hydrogen-bond acceptors (Lipinski definition) is 3. The van der Waals surface area contributed by atoms with Crippen LogP contribution in [-0.2, 0) is 0 Å². The normalized spacial score (nSPS) is 21.9. The highest BCUT2D eigenvalue weighted by molar-refractivity contribution is 5.38. The van der Waals surface area contributed by atoms with E-state index in [1.807, 2.05) is 0 Å². The topological polar surface area (TPSA) is 24.5 Å². The van der Waals surface area contributed by atoms with Crippen molar-refractivity contribution in [1.29, 1.82) is 0 Å². The number of likely N-dealkylation sites (N-methyl/N-ethyl adjacent to an activating group) is 1. The summed E-state index contributed by atoms with van der Waals surface area (Å²) in [5, 5.41) is 3.73. The van der Waals surface area contributed by atoms with Crippen molar-refractivity contribution in [3.05, 3.63) is 29.8 Å². The molecule has 0 spiro atoms. The average Bonchev–Trinajstić information content (AvgIpc) is 2.46. The third-order valence-corrected chi connectivity index (χ3v) is 4.12. The van der Waals surface area contributed by atoms with Crippen LogP contribution in [0.3, 0.4) is 0 Å². The maximum absolute atomic E-state index is 6.00. The molecule has 0 saturated heterocycles. The maximum atomic E-state index is 6.00. The van der Waals surface area contributed by atoms with Gasteiger partial charge < -0.3 is 10.1 Å². The van der Waals surface area contributed by atoms with Crippen LogP contribution >= 0.6 is 0 Å². The van der Waals surface area contributed by atoms with Crippen LogP contribution in [0.25, 0.3) is 0 Å². The molecule has 0 bridgehead atoms. The van der Waals surface area contributed by atoms with Crippen molar-refractivity contribution in [2.24, 2.45) is 0 Å². The number of ether oxygens (including phenoxy) is 1. The number of hydrogen-bond donors (Lipinski definition) is 1. The van der Waals surface area contributed by atoms with Gasteiger partial charge in [-0.3, -0.25) is 4.90 Å². The molecule has 20 heavy (non-hydrogen) atoms. The Morgan fingerprint density at radius 3 is 2.70 bits per heavy atom. The highest BCUT2D eigenvalue weighted by atomic mass is 16.5. The molecule has 0 amide bonds. The molecule has 0 saturated carbocycles. The van der Waals surface area contributed by atoms with E-state index >= 15 is 0 Å². The number of para-hydroxylation sites is 1. The van der Waals surface area contributed by atoms with Crippen molar-refractivity contribution in [3.8, 4) is 5.75 Å². The highest BCUT2D eigenvalue weighted by Crippen LogP contribution is 2.34. The Kier molecular flexibility index (Phi) is 5.44. The van der Waals surface area contributed by atoms with E-state index in [4.69, 9.17) is 4.74 Å². The van der Waals surface area contributed by atoms with E-state index in [0.29, 0.717) is 18.1 Å². The van der Waals surface area contributed by atoms with E-state index in [1.54, 1.807) is 0 Å². The van der Waals surface area contributed by atoms with Gasteiger partial charge in [-0.1, -0.05) is 32.0 Å². The zero-order valence-electron chi connectivity index (χ0n) is 13.2. The summed E-state index contributed by atoms with van der Waals surface area (Å²) in [6, 6.07) is 9.74. The smallest absolute Gasteiger partial charge is 0.124 e. The van der Waals surface area contributed by atoms with Gasteiger partial charge in [0.25, 0.3) is 0 Å². The van der Waals surface area contributed by atoms with Crippen molar-refractivity contribution < 1.29 is 4.74 Å². The summed E-state index contributed by atoms with van der Waals surface area (Å²) < 4.78 is 6.00. The van der Waals surface area contributed by atoms with Crippen molar-refractivity contribution in [3.63, 3.8) is 0 Å². The predicted octanol–water partition coefficient (Wildman–Crippen LogP) is 3.22. The van der Waals surface area contributed by atoms with Crippen LogP contribution in [0, 0.1) is 0 Å². The first-order valence-electron chi connectivity index (χ1n) is 7.89. The first-order valence-corrected chi connectivity index (χ1v) is 7.89. The first-order chi connectivity index (χ1) is 9.69. The first kappa shape index (κ1) is 15.3. The Labute approximate surface area is 123 Å². The molecule has 112 valence electrons. The molecule has 1 aliphatic rings. The van der Waals surface area contributed by atoms with Crippen molar-refractivity contribution in [2.75, 3.05) is 19.7 Å². The second-order valence-corrected chi connectivity index (χ2v) is 5.77. The van der Waals surface area contributed by atoms with Gasteiger partial charge in [0.15, 0.2) is 0 Å². The summed E-state index contributed by atoms with van der Waals surface area (Å²) in [5.74, 6) is 1.04. The largest absolute Gasteiger partial charge is 0.492 e. The van der Waals surface area contributed by atoms with Gasteiger partial charge in [0.1, 0.15) is 12.4 Å². The molecular formula is C17H28N2O. The van der Waals surface area contributed by atoms with Crippen LogP contribution in [0.2, 0.25) is 0 Å². The molecule has 0 radical (unpaired) electrons. The molecule has 1 N–H and O–H groups in total. The lowest BCUT2D eigenvalue weighted by molar-refractivity contribution is 0.0669. The summed E-state index contributed by atoms with van der Waals surface area (Å²) in [6.07, 6.45) is 1.15. The van der Waals surface area contributed by atoms with Gasteiger partial charge in [0.2, 0.25) is 0 Å². The Morgan fingerprint density at radius 1 is 1.30 bits per heavy atom. The maximum Gasteiger partial charge on any atom is 0.124 e. The van der Waals surface area contributed by atoms with Crippen LogP contribution in [-0.4, -0.2) is 36.7 Å². The number of benzene rings is 1. The monoisotopic (exact) mass is 276 g/mol. The minimum atomic E-state index is 0.363. The van der Waals surface area contributed by atoms with E-state index in [2.05, 4.69) is 62.2 Å². The van der Waals surface area contributed by atoms with E-state index in [1.165, 1.54) is 5.56 Å². The minimum absolute atomic E-state index is 0.363. The van der Waals surface area contributed by atoms with E-state index < -0.39 is 0 Å². The Bertz CT molecular complexity index is 419. The Hall–Kier alpha value is -1.06. The van der Waals surface area contributed by atoms with Gasteiger partial charge in [-0.15, -0.1) is 0 Å². The highest BCUT2D eigenvalue weighted by Gasteiger charge is 2.34. The van der Waals surface area contributed by atoms with E-state index in [9.17, 15) is 0 Å². The average molecular weight is 276 g/mol. The van der Waals surface area contributed by atoms with Crippen LogP contribution in [0.5, 0.6) is 5.75 Å². The number of fused-ring (bicyclic) bond motifs is 1. The van der Waals surface area contributed by atoms with Gasteiger partial charge in [-0.2, -0.15) is 0 Å². The molecule has 1 aliphatic heterocycles. The number of nitrogens with zero attached hydrogens (tertiary/aromatic N) is 1. The summed E-state index contributed by atoms with van der Waals surface area (Å²) >= 11 is 0. The number of nitrogens with one attached hydrogen (secondary N) is 1. The fourth-order valence-electron chi connectivity index (χ4n) is 3.16. The molecule has 1 aromatic carbocycles. The second kappa shape index (κ2) is 7.09. The van der Waals surface area contributed by atoms with Crippen molar-refractivity contribution >= 4 is 0 Å². The SMILES string of the molecule is CCCNC1c2ccccc2OCC1N(CC)C(C)C. The molecule has 1 heterocycles. The van der Waals surface area contributed by atoms with Gasteiger partial charge >= 0.3 is 0 Å². The molecule has 0 fully saturated rings. The summed E-state index contributed by atoms with van der Waals surface area (Å²) in [5.41, 5.74) is 1.30. The molecule has 0 aromatic heterocycles. The third-order valence-electron chi connectivity index (χ3n) is 4.12. The van der Waals surface area contributed by atoms with Gasteiger partial charge in [0.05, 0.1) is 12.1 Å². The predicted molar refractivity (Wildman–Crippen MR) is 84.3 cm³/mol. The molecule has 2 rings (SSSR count). The Morgan fingerprint density at radius 2 is 2.05 bits per heavy atom. The van der Waals surface area contributed by atoms with E-state index in [0.717, 1.165) is 31.9 Å². The molecule has 0 aliphatic carbocycles. The molecule has 2 unspecified atom stereocenters. The third kappa shape index (κ3) is 3.15. The molecule has 1 aromatic rings. The lowest BCUT2D eigenvalue weighted by atomic mass is 9.94. The summed E-state index contributed by atoms with van der Waals surface area (Å²) in [4.78, 5) is 2.53. The number of rotatable bonds is 6. The molecular weight excluding hydrogens is 248 g/mol. The van der Waals surface area contributed by atoms with Crippen LogP contribution < -0.4 is 10.1 Å². The van der Waals surface area contributed by atoms with Gasteiger partial charge in [0, 0.05) is 11.6 Å². The lowest BCUT2D eigenvalue weighted by Gasteiger charge is -2.42. The molecule has 3 heteroatoms. The second-order valence-electron chi connectivity index (χ2n) is 5.77. The quantitative estimate of drug-likeness (QED) is 0.863. The van der Waals surface area contributed by atoms with Crippen molar-refractivity contribution in [2.45, 2.75) is 52.2 Å². The van der Waals surface area contributed by atoms with E-state index in [-0.39, 0.29) is 0 Å². The fraction of sp³-hybridized carbons (Fsp3) is 0.647. The molecule has 2 atom stereocenters. The van der Waals surface area contributed by atoms with Gasteiger partial charge in [-0.05, 0) is 39.4 Å². The lowest BCUT2D eigenvalue weighted by Crippen LogP contribution is -2.52. The summed E-state index contributed by atoms with van der Waals surface area (Å²) in [6.45, 7) is 11.8. The Balaban J connectivity index is 2.28.